The number of hydrogen-bond acceptors (Lipinski definition) is 5. The second-order valence-electron chi connectivity index (χ2n) is 3.47. The number of nitro groups is 1. The standard InChI is InChI=1S/C9H11N3O3S/c13-12(14)9-2-1-8(7-10-9)11-3-5-16(15)6-4-11/h1-2,7H,3-6H2. The van der Waals surface area contributed by atoms with E-state index < -0.39 is 15.7 Å². The molecule has 0 bridgehead atoms. The van der Waals surface area contributed by atoms with Crippen LogP contribution in [0.5, 0.6) is 0 Å². The molecule has 1 aromatic rings. The van der Waals surface area contributed by atoms with Gasteiger partial charge < -0.3 is 15.0 Å². The number of nitrogens with zero attached hydrogens (tertiary/aromatic N) is 3. The molecular formula is C9H11N3O3S. The summed E-state index contributed by atoms with van der Waals surface area (Å²) < 4.78 is 11.2. The molecule has 1 fully saturated rings. The van der Waals surface area contributed by atoms with Crippen LogP contribution in [0.3, 0.4) is 0 Å². The minimum absolute atomic E-state index is 0.149. The van der Waals surface area contributed by atoms with Crippen LogP contribution in [0.15, 0.2) is 18.3 Å². The molecule has 6 nitrogen and oxygen atoms in total. The molecule has 16 heavy (non-hydrogen) atoms. The third-order valence-corrected chi connectivity index (χ3v) is 3.74. The van der Waals surface area contributed by atoms with Gasteiger partial charge in [0.2, 0.25) is 0 Å². The van der Waals surface area contributed by atoms with Gasteiger partial charge in [0, 0.05) is 41.5 Å². The summed E-state index contributed by atoms with van der Waals surface area (Å²) in [5.74, 6) is 1.15. The maximum Gasteiger partial charge on any atom is 0.363 e. The SMILES string of the molecule is O=[N+]([O-])c1ccc(N2CCS(=O)CC2)cn1. The van der Waals surface area contributed by atoms with Crippen molar-refractivity contribution in [3.63, 3.8) is 0 Å². The molecule has 0 saturated carbocycles. The molecule has 1 aliphatic heterocycles. The van der Waals surface area contributed by atoms with Crippen LogP contribution in [0, 0.1) is 10.1 Å². The van der Waals surface area contributed by atoms with E-state index in [4.69, 9.17) is 0 Å². The van der Waals surface area contributed by atoms with Crippen LogP contribution in [0.4, 0.5) is 11.5 Å². The van der Waals surface area contributed by atoms with Gasteiger partial charge in [0.25, 0.3) is 0 Å². The van der Waals surface area contributed by atoms with E-state index >= 15 is 0 Å². The summed E-state index contributed by atoms with van der Waals surface area (Å²) in [6.45, 7) is 1.43. The summed E-state index contributed by atoms with van der Waals surface area (Å²) in [7, 11) is -0.717. The average molecular weight is 241 g/mol. The van der Waals surface area contributed by atoms with Crippen LogP contribution >= 0.6 is 0 Å². The van der Waals surface area contributed by atoms with Crippen LogP contribution in [0.2, 0.25) is 0 Å². The van der Waals surface area contributed by atoms with Crippen LogP contribution in [0.25, 0.3) is 0 Å². The zero-order valence-electron chi connectivity index (χ0n) is 8.54. The summed E-state index contributed by atoms with van der Waals surface area (Å²) >= 11 is 0. The number of anilines is 1. The highest BCUT2D eigenvalue weighted by Crippen LogP contribution is 2.17. The molecular weight excluding hydrogens is 230 g/mol. The second-order valence-corrected chi connectivity index (χ2v) is 5.16. The molecule has 0 spiro atoms. The fourth-order valence-corrected chi connectivity index (χ4v) is 2.62. The highest BCUT2D eigenvalue weighted by atomic mass is 32.2. The number of hydrogen-bond donors (Lipinski definition) is 0. The molecule has 0 unspecified atom stereocenters. The van der Waals surface area contributed by atoms with Gasteiger partial charge in [0.05, 0.1) is 5.69 Å². The van der Waals surface area contributed by atoms with E-state index in [-0.39, 0.29) is 5.82 Å². The predicted molar refractivity (Wildman–Crippen MR) is 61.0 cm³/mol. The molecule has 0 aromatic carbocycles. The van der Waals surface area contributed by atoms with E-state index in [9.17, 15) is 14.3 Å². The topological polar surface area (TPSA) is 76.3 Å². The summed E-state index contributed by atoms with van der Waals surface area (Å²) in [6, 6.07) is 3.07. The van der Waals surface area contributed by atoms with Crippen LogP contribution in [0.1, 0.15) is 0 Å². The normalized spacial score (nSPS) is 17.4. The highest BCUT2D eigenvalue weighted by Gasteiger charge is 2.17. The average Bonchev–Trinajstić information content (AvgIpc) is 2.30. The van der Waals surface area contributed by atoms with E-state index in [0.29, 0.717) is 24.6 Å². The lowest BCUT2D eigenvalue weighted by Gasteiger charge is -2.27. The Bertz CT molecular complexity index is 411. The van der Waals surface area contributed by atoms with Gasteiger partial charge in [-0.2, -0.15) is 0 Å². The minimum atomic E-state index is -0.717. The van der Waals surface area contributed by atoms with E-state index in [2.05, 4.69) is 4.98 Å². The Morgan fingerprint density at radius 2 is 2.06 bits per heavy atom. The molecule has 1 aromatic heterocycles. The van der Waals surface area contributed by atoms with E-state index in [1.54, 1.807) is 6.07 Å². The van der Waals surface area contributed by atoms with Gasteiger partial charge in [-0.05, 0) is 16.0 Å². The lowest BCUT2D eigenvalue weighted by molar-refractivity contribution is -0.389. The van der Waals surface area contributed by atoms with E-state index in [1.807, 2.05) is 4.90 Å². The monoisotopic (exact) mass is 241 g/mol. The Hall–Kier alpha value is -1.50. The third kappa shape index (κ3) is 2.35. The lowest BCUT2D eigenvalue weighted by Crippen LogP contribution is -2.37. The lowest BCUT2D eigenvalue weighted by atomic mass is 10.3. The first-order chi connectivity index (χ1) is 7.66. The first kappa shape index (κ1) is 11.0. The first-order valence-electron chi connectivity index (χ1n) is 4.87. The quantitative estimate of drug-likeness (QED) is 0.558. The Labute approximate surface area is 94.9 Å². The Morgan fingerprint density at radius 1 is 1.38 bits per heavy atom. The van der Waals surface area contributed by atoms with E-state index in [0.717, 1.165) is 5.69 Å². The molecule has 0 aliphatic carbocycles. The first-order valence-corrected chi connectivity index (χ1v) is 6.36. The van der Waals surface area contributed by atoms with Crippen LogP contribution in [-0.2, 0) is 10.8 Å². The Balaban J connectivity index is 2.10. The zero-order valence-corrected chi connectivity index (χ0v) is 9.35. The molecule has 86 valence electrons. The van der Waals surface area contributed by atoms with Gasteiger partial charge in [0.1, 0.15) is 0 Å². The number of pyridine rings is 1. The van der Waals surface area contributed by atoms with Crippen molar-refractivity contribution in [2.24, 2.45) is 0 Å². The summed E-state index contributed by atoms with van der Waals surface area (Å²) in [5.41, 5.74) is 0.849. The van der Waals surface area contributed by atoms with Crippen molar-refractivity contribution in [1.29, 1.82) is 0 Å². The Morgan fingerprint density at radius 3 is 2.56 bits per heavy atom. The van der Waals surface area contributed by atoms with Crippen molar-refractivity contribution in [2.45, 2.75) is 0 Å². The third-order valence-electron chi connectivity index (χ3n) is 2.46. The van der Waals surface area contributed by atoms with Crippen molar-refractivity contribution in [3.05, 3.63) is 28.4 Å². The zero-order chi connectivity index (χ0) is 11.5. The molecule has 0 atom stereocenters. The van der Waals surface area contributed by atoms with Crippen molar-refractivity contribution in [1.82, 2.24) is 4.98 Å². The fraction of sp³-hybridized carbons (Fsp3) is 0.444. The van der Waals surface area contributed by atoms with Gasteiger partial charge in [-0.3, -0.25) is 4.21 Å². The molecule has 2 rings (SSSR count). The van der Waals surface area contributed by atoms with Crippen LogP contribution < -0.4 is 4.90 Å². The largest absolute Gasteiger partial charge is 0.367 e. The van der Waals surface area contributed by atoms with Crippen molar-refractivity contribution in [2.75, 3.05) is 29.5 Å². The maximum absolute atomic E-state index is 11.2. The number of aromatic nitrogens is 1. The van der Waals surface area contributed by atoms with Crippen molar-refractivity contribution < 1.29 is 9.13 Å². The Kier molecular flexibility index (Phi) is 3.14. The molecule has 1 aliphatic rings. The van der Waals surface area contributed by atoms with Gasteiger partial charge in [-0.25, -0.2) is 0 Å². The highest BCUT2D eigenvalue weighted by molar-refractivity contribution is 7.85. The van der Waals surface area contributed by atoms with Gasteiger partial charge in [-0.1, -0.05) is 0 Å². The number of rotatable bonds is 2. The predicted octanol–water partition coefficient (Wildman–Crippen LogP) is 0.558. The maximum atomic E-state index is 11.2. The van der Waals surface area contributed by atoms with Gasteiger partial charge >= 0.3 is 5.82 Å². The molecule has 7 heteroatoms. The van der Waals surface area contributed by atoms with Crippen molar-refractivity contribution >= 4 is 22.3 Å². The summed E-state index contributed by atoms with van der Waals surface area (Å²) in [6.07, 6.45) is 1.49. The summed E-state index contributed by atoms with van der Waals surface area (Å²) in [4.78, 5) is 15.7. The van der Waals surface area contributed by atoms with Crippen molar-refractivity contribution in [3.8, 4) is 0 Å². The molecule has 0 radical (unpaired) electrons. The van der Waals surface area contributed by atoms with E-state index in [1.165, 1.54) is 12.3 Å². The van der Waals surface area contributed by atoms with Gasteiger partial charge in [-0.15, -0.1) is 0 Å². The van der Waals surface area contributed by atoms with Gasteiger partial charge in [0.15, 0.2) is 6.20 Å². The second kappa shape index (κ2) is 4.56. The van der Waals surface area contributed by atoms with Crippen LogP contribution in [-0.4, -0.2) is 38.7 Å². The molecule has 0 amide bonds. The minimum Gasteiger partial charge on any atom is -0.367 e. The fourth-order valence-electron chi connectivity index (χ4n) is 1.57. The smallest absolute Gasteiger partial charge is 0.363 e. The summed E-state index contributed by atoms with van der Waals surface area (Å²) in [5, 5.41) is 10.4. The molecule has 0 N–H and O–H groups in total. The molecule has 1 saturated heterocycles. The molecule has 2 heterocycles.